The van der Waals surface area contributed by atoms with Crippen molar-refractivity contribution in [3.05, 3.63) is 0 Å². The van der Waals surface area contributed by atoms with Crippen molar-refractivity contribution < 1.29 is 18.3 Å². The molecule has 84 valence electrons. The van der Waals surface area contributed by atoms with Crippen LogP contribution in [0.15, 0.2) is 0 Å². The van der Waals surface area contributed by atoms with Gasteiger partial charge in [-0.3, -0.25) is 0 Å². The first-order valence-corrected chi connectivity index (χ1v) is 6.72. The summed E-state index contributed by atoms with van der Waals surface area (Å²) in [7, 11) is -2.87. The maximum absolute atomic E-state index is 10.8. The Kier molecular flexibility index (Phi) is 4.31. The van der Waals surface area contributed by atoms with Crippen LogP contribution >= 0.6 is 0 Å². The average molecular weight is 223 g/mol. The van der Waals surface area contributed by atoms with Gasteiger partial charge in [-0.05, 0) is 13.0 Å². The topological polar surface area (TPSA) is 75.6 Å². The van der Waals surface area contributed by atoms with Gasteiger partial charge in [0.15, 0.2) is 0 Å². The number of hydrogen-bond donors (Lipinski definition) is 2. The molecule has 1 aliphatic heterocycles. The molecular formula is C8H17NO4S. The molecule has 0 bridgehead atoms. The van der Waals surface area contributed by atoms with Gasteiger partial charge in [-0.15, -0.1) is 0 Å². The van der Waals surface area contributed by atoms with Crippen LogP contribution in [0.4, 0.5) is 0 Å². The smallest absolute Gasteiger partial charge is 0.147 e. The van der Waals surface area contributed by atoms with Gasteiger partial charge in [0, 0.05) is 6.26 Å². The standard InChI is InChI=1S/C8H17NO4S/c1-14(11,12)4-2-3-9-7-5-13-6-8(7)10/h7-10H,2-6H2,1H3. The summed E-state index contributed by atoms with van der Waals surface area (Å²) in [5, 5.41) is 12.4. The number of aliphatic hydroxyl groups excluding tert-OH is 1. The molecule has 1 heterocycles. The summed E-state index contributed by atoms with van der Waals surface area (Å²) in [4.78, 5) is 0. The quantitative estimate of drug-likeness (QED) is 0.571. The van der Waals surface area contributed by atoms with E-state index in [1.54, 1.807) is 0 Å². The molecular weight excluding hydrogens is 206 g/mol. The molecule has 1 fully saturated rings. The molecule has 0 radical (unpaired) electrons. The monoisotopic (exact) mass is 223 g/mol. The van der Waals surface area contributed by atoms with Crippen LogP contribution in [0.2, 0.25) is 0 Å². The van der Waals surface area contributed by atoms with Gasteiger partial charge in [0.05, 0.1) is 31.1 Å². The van der Waals surface area contributed by atoms with Gasteiger partial charge in [-0.2, -0.15) is 0 Å². The highest BCUT2D eigenvalue weighted by Crippen LogP contribution is 2.04. The SMILES string of the molecule is CS(=O)(=O)CCCNC1COCC1O. The molecule has 0 aromatic rings. The van der Waals surface area contributed by atoms with Crippen molar-refractivity contribution in [3.63, 3.8) is 0 Å². The molecule has 1 saturated heterocycles. The van der Waals surface area contributed by atoms with Crippen LogP contribution in [0.1, 0.15) is 6.42 Å². The van der Waals surface area contributed by atoms with Gasteiger partial charge >= 0.3 is 0 Å². The van der Waals surface area contributed by atoms with E-state index in [2.05, 4.69) is 5.32 Å². The molecule has 0 aliphatic carbocycles. The third kappa shape index (κ3) is 4.36. The number of nitrogens with one attached hydrogen (secondary N) is 1. The largest absolute Gasteiger partial charge is 0.389 e. The number of rotatable bonds is 5. The maximum Gasteiger partial charge on any atom is 0.147 e. The van der Waals surface area contributed by atoms with Gasteiger partial charge in [-0.1, -0.05) is 0 Å². The van der Waals surface area contributed by atoms with E-state index in [-0.39, 0.29) is 11.8 Å². The first-order chi connectivity index (χ1) is 6.49. The van der Waals surface area contributed by atoms with Crippen LogP contribution in [0, 0.1) is 0 Å². The fourth-order valence-corrected chi connectivity index (χ4v) is 2.03. The zero-order valence-electron chi connectivity index (χ0n) is 8.27. The molecule has 0 amide bonds. The minimum absolute atomic E-state index is 0.0467. The predicted octanol–water partition coefficient (Wildman–Crippen LogP) is -1.23. The van der Waals surface area contributed by atoms with Gasteiger partial charge in [0.2, 0.25) is 0 Å². The summed E-state index contributed by atoms with van der Waals surface area (Å²) in [5.74, 6) is 0.184. The summed E-state index contributed by atoms with van der Waals surface area (Å²) < 4.78 is 26.6. The van der Waals surface area contributed by atoms with Crippen molar-refractivity contribution in [2.24, 2.45) is 0 Å². The lowest BCUT2D eigenvalue weighted by Crippen LogP contribution is -2.39. The van der Waals surface area contributed by atoms with Crippen LogP contribution in [0.5, 0.6) is 0 Å². The van der Waals surface area contributed by atoms with Crippen molar-refractivity contribution in [1.29, 1.82) is 0 Å². The Morgan fingerprint density at radius 2 is 2.21 bits per heavy atom. The van der Waals surface area contributed by atoms with Crippen LogP contribution in [-0.2, 0) is 14.6 Å². The molecule has 14 heavy (non-hydrogen) atoms. The van der Waals surface area contributed by atoms with Crippen LogP contribution in [-0.4, -0.2) is 57.4 Å². The molecule has 2 unspecified atom stereocenters. The summed E-state index contributed by atoms with van der Waals surface area (Å²) in [5.41, 5.74) is 0. The normalized spacial score (nSPS) is 28.1. The van der Waals surface area contributed by atoms with E-state index in [0.29, 0.717) is 26.2 Å². The van der Waals surface area contributed by atoms with Gasteiger partial charge in [-0.25, -0.2) is 8.42 Å². The Balaban J connectivity index is 2.09. The van der Waals surface area contributed by atoms with E-state index in [0.717, 1.165) is 0 Å². The summed E-state index contributed by atoms with van der Waals surface area (Å²) in [6, 6.07) is -0.0467. The van der Waals surface area contributed by atoms with Crippen LogP contribution in [0.25, 0.3) is 0 Å². The molecule has 6 heteroatoms. The maximum atomic E-state index is 10.8. The molecule has 1 aliphatic rings. The molecule has 0 aromatic heterocycles. The predicted molar refractivity (Wildman–Crippen MR) is 52.9 cm³/mol. The van der Waals surface area contributed by atoms with Crippen molar-refractivity contribution in [2.45, 2.75) is 18.6 Å². The Hall–Kier alpha value is -0.170. The second-order valence-electron chi connectivity index (χ2n) is 3.65. The first kappa shape index (κ1) is 11.9. The summed E-state index contributed by atoms with van der Waals surface area (Å²) in [6.07, 6.45) is 1.33. The lowest BCUT2D eigenvalue weighted by molar-refractivity contribution is 0.122. The minimum atomic E-state index is -2.87. The molecule has 2 N–H and O–H groups in total. The van der Waals surface area contributed by atoms with Crippen molar-refractivity contribution in [1.82, 2.24) is 5.32 Å². The second-order valence-corrected chi connectivity index (χ2v) is 5.91. The molecule has 0 aromatic carbocycles. The van der Waals surface area contributed by atoms with Crippen LogP contribution < -0.4 is 5.32 Å². The van der Waals surface area contributed by atoms with E-state index < -0.39 is 15.9 Å². The Morgan fingerprint density at radius 1 is 1.50 bits per heavy atom. The fraction of sp³-hybridized carbons (Fsp3) is 1.00. The zero-order chi connectivity index (χ0) is 10.6. The molecule has 0 saturated carbocycles. The number of ether oxygens (including phenoxy) is 1. The van der Waals surface area contributed by atoms with E-state index >= 15 is 0 Å². The minimum Gasteiger partial charge on any atom is -0.389 e. The highest BCUT2D eigenvalue weighted by molar-refractivity contribution is 7.90. The average Bonchev–Trinajstić information content (AvgIpc) is 2.44. The van der Waals surface area contributed by atoms with Crippen molar-refractivity contribution >= 4 is 9.84 Å². The zero-order valence-corrected chi connectivity index (χ0v) is 9.09. The highest BCUT2D eigenvalue weighted by Gasteiger charge is 2.25. The summed E-state index contributed by atoms with van der Waals surface area (Å²) in [6.45, 7) is 1.46. The summed E-state index contributed by atoms with van der Waals surface area (Å²) >= 11 is 0. The Labute approximate surface area is 84.4 Å². The second kappa shape index (κ2) is 5.06. The van der Waals surface area contributed by atoms with E-state index in [4.69, 9.17) is 4.74 Å². The third-order valence-electron chi connectivity index (χ3n) is 2.15. The number of aliphatic hydroxyl groups is 1. The first-order valence-electron chi connectivity index (χ1n) is 4.66. The Bertz CT molecular complexity index is 265. The van der Waals surface area contributed by atoms with Crippen molar-refractivity contribution in [3.8, 4) is 0 Å². The van der Waals surface area contributed by atoms with Crippen molar-refractivity contribution in [2.75, 3.05) is 31.8 Å². The fourth-order valence-electron chi connectivity index (χ4n) is 1.36. The molecule has 1 rings (SSSR count). The number of sulfone groups is 1. The van der Waals surface area contributed by atoms with Gasteiger partial charge in [0.1, 0.15) is 9.84 Å². The Morgan fingerprint density at radius 3 is 2.71 bits per heavy atom. The van der Waals surface area contributed by atoms with Gasteiger partial charge in [0.25, 0.3) is 0 Å². The van der Waals surface area contributed by atoms with Gasteiger partial charge < -0.3 is 15.2 Å². The lowest BCUT2D eigenvalue weighted by atomic mass is 10.2. The van der Waals surface area contributed by atoms with E-state index in [1.807, 2.05) is 0 Å². The number of hydrogen-bond acceptors (Lipinski definition) is 5. The van der Waals surface area contributed by atoms with E-state index in [1.165, 1.54) is 6.26 Å². The third-order valence-corrected chi connectivity index (χ3v) is 3.18. The molecule has 0 spiro atoms. The van der Waals surface area contributed by atoms with Crippen LogP contribution in [0.3, 0.4) is 0 Å². The lowest BCUT2D eigenvalue weighted by Gasteiger charge is -2.13. The molecule has 2 atom stereocenters. The molecule has 5 nitrogen and oxygen atoms in total. The highest BCUT2D eigenvalue weighted by atomic mass is 32.2. The van der Waals surface area contributed by atoms with E-state index in [9.17, 15) is 13.5 Å².